The highest BCUT2D eigenvalue weighted by atomic mass is 32.2. The molecule has 0 atom stereocenters. The Morgan fingerprint density at radius 2 is 2.06 bits per heavy atom. The maximum atomic E-state index is 12.0. The van der Waals surface area contributed by atoms with E-state index >= 15 is 0 Å². The van der Waals surface area contributed by atoms with Crippen molar-refractivity contribution in [2.75, 3.05) is 18.4 Å². The first kappa shape index (κ1) is 14.9. The van der Waals surface area contributed by atoms with Gasteiger partial charge in [0.2, 0.25) is 10.0 Å². The Balaban J connectivity index is 2.75. The fraction of sp³-hybridized carbons (Fsp3) is 0.583. The minimum absolute atomic E-state index is 0.199. The lowest BCUT2D eigenvalue weighted by Gasteiger charge is -2.09. The molecule has 0 saturated heterocycles. The Labute approximate surface area is 109 Å². The highest BCUT2D eigenvalue weighted by Gasteiger charge is 2.14. The lowest BCUT2D eigenvalue weighted by Crippen LogP contribution is -2.25. The van der Waals surface area contributed by atoms with Crippen LogP contribution in [0.3, 0.4) is 0 Å². The first-order valence-corrected chi connectivity index (χ1v) is 7.62. The van der Waals surface area contributed by atoms with E-state index in [1.807, 2.05) is 6.92 Å². The van der Waals surface area contributed by atoms with E-state index < -0.39 is 10.0 Å². The second-order valence-electron chi connectivity index (χ2n) is 4.52. The van der Waals surface area contributed by atoms with Crippen molar-refractivity contribution in [1.29, 1.82) is 0 Å². The third kappa shape index (κ3) is 4.62. The van der Waals surface area contributed by atoms with Crippen LogP contribution in [0.5, 0.6) is 0 Å². The van der Waals surface area contributed by atoms with Gasteiger partial charge in [0.05, 0.1) is 11.9 Å². The van der Waals surface area contributed by atoms with Gasteiger partial charge in [0.1, 0.15) is 4.90 Å². The number of hydrogen-bond donors (Lipinski definition) is 2. The Kier molecular flexibility index (Phi) is 5.55. The quantitative estimate of drug-likeness (QED) is 0.794. The third-order valence-corrected chi connectivity index (χ3v) is 3.85. The molecule has 0 aromatic carbocycles. The maximum Gasteiger partial charge on any atom is 0.242 e. The summed E-state index contributed by atoms with van der Waals surface area (Å²) in [5.74, 6) is 0.471. The molecule has 0 radical (unpaired) electrons. The summed E-state index contributed by atoms with van der Waals surface area (Å²) in [5, 5.41) is 3.04. The van der Waals surface area contributed by atoms with Crippen LogP contribution in [0.4, 0.5) is 5.69 Å². The van der Waals surface area contributed by atoms with E-state index in [0.29, 0.717) is 18.2 Å². The number of nitrogens with zero attached hydrogens (tertiary/aromatic N) is 1. The van der Waals surface area contributed by atoms with Crippen LogP contribution in [0.25, 0.3) is 0 Å². The van der Waals surface area contributed by atoms with Gasteiger partial charge in [0.15, 0.2) is 0 Å². The lowest BCUT2D eigenvalue weighted by molar-refractivity contribution is 0.551. The molecular formula is C12H21N3O2S. The van der Waals surface area contributed by atoms with Crippen LogP contribution in [0.15, 0.2) is 23.4 Å². The SMILES string of the molecule is CCNc1cncc(S(=O)(=O)NCCC(C)C)c1. The number of rotatable bonds is 7. The van der Waals surface area contributed by atoms with Crippen LogP contribution >= 0.6 is 0 Å². The van der Waals surface area contributed by atoms with Gasteiger partial charge in [-0.05, 0) is 25.3 Å². The van der Waals surface area contributed by atoms with Gasteiger partial charge in [-0.15, -0.1) is 0 Å². The van der Waals surface area contributed by atoms with Crippen LogP contribution in [0.1, 0.15) is 27.2 Å². The molecule has 2 N–H and O–H groups in total. The normalized spacial score (nSPS) is 11.8. The highest BCUT2D eigenvalue weighted by Crippen LogP contribution is 2.13. The summed E-state index contributed by atoms with van der Waals surface area (Å²) in [4.78, 5) is 4.13. The molecule has 0 fully saturated rings. The molecule has 18 heavy (non-hydrogen) atoms. The van der Waals surface area contributed by atoms with Gasteiger partial charge in [-0.3, -0.25) is 4.98 Å². The summed E-state index contributed by atoms with van der Waals surface area (Å²) < 4.78 is 26.6. The molecule has 1 aromatic heterocycles. The van der Waals surface area contributed by atoms with Gasteiger partial charge in [-0.2, -0.15) is 0 Å². The van der Waals surface area contributed by atoms with E-state index in [0.717, 1.165) is 13.0 Å². The van der Waals surface area contributed by atoms with Crippen molar-refractivity contribution in [2.24, 2.45) is 5.92 Å². The Morgan fingerprint density at radius 1 is 1.33 bits per heavy atom. The molecule has 0 amide bonds. The Morgan fingerprint density at radius 3 is 2.67 bits per heavy atom. The summed E-state index contributed by atoms with van der Waals surface area (Å²) in [7, 11) is -3.45. The smallest absolute Gasteiger partial charge is 0.242 e. The minimum Gasteiger partial charge on any atom is -0.384 e. The number of anilines is 1. The monoisotopic (exact) mass is 271 g/mol. The molecule has 0 aliphatic heterocycles. The number of sulfonamides is 1. The minimum atomic E-state index is -3.45. The van der Waals surface area contributed by atoms with Crippen LogP contribution in [0.2, 0.25) is 0 Å². The number of nitrogens with one attached hydrogen (secondary N) is 2. The topological polar surface area (TPSA) is 71.1 Å². The second kappa shape index (κ2) is 6.70. The molecule has 1 aromatic rings. The third-order valence-electron chi connectivity index (χ3n) is 2.42. The van der Waals surface area contributed by atoms with Gasteiger partial charge in [0, 0.05) is 19.3 Å². The first-order chi connectivity index (χ1) is 8.45. The molecule has 0 aliphatic rings. The largest absolute Gasteiger partial charge is 0.384 e. The predicted molar refractivity (Wildman–Crippen MR) is 73.0 cm³/mol. The average molecular weight is 271 g/mol. The van der Waals surface area contributed by atoms with E-state index in [1.54, 1.807) is 12.3 Å². The molecule has 0 aliphatic carbocycles. The number of pyridine rings is 1. The molecule has 1 rings (SSSR count). The number of hydrogen-bond acceptors (Lipinski definition) is 4. The van der Waals surface area contributed by atoms with Crippen LogP contribution < -0.4 is 10.0 Å². The Hall–Kier alpha value is -1.14. The molecular weight excluding hydrogens is 250 g/mol. The lowest BCUT2D eigenvalue weighted by atomic mass is 10.1. The van der Waals surface area contributed by atoms with E-state index in [4.69, 9.17) is 0 Å². The van der Waals surface area contributed by atoms with Crippen LogP contribution in [-0.2, 0) is 10.0 Å². The number of aromatic nitrogens is 1. The van der Waals surface area contributed by atoms with E-state index in [-0.39, 0.29) is 4.90 Å². The zero-order valence-corrected chi connectivity index (χ0v) is 11.9. The summed E-state index contributed by atoms with van der Waals surface area (Å²) in [6.07, 6.45) is 3.79. The van der Waals surface area contributed by atoms with Gasteiger partial charge >= 0.3 is 0 Å². The fourth-order valence-corrected chi connectivity index (χ4v) is 2.47. The van der Waals surface area contributed by atoms with E-state index in [9.17, 15) is 8.42 Å². The first-order valence-electron chi connectivity index (χ1n) is 6.14. The Bertz CT molecular complexity index is 472. The van der Waals surface area contributed by atoms with Gasteiger partial charge < -0.3 is 5.32 Å². The van der Waals surface area contributed by atoms with E-state index in [1.165, 1.54) is 6.20 Å². The zero-order valence-electron chi connectivity index (χ0n) is 11.1. The molecule has 0 saturated carbocycles. The van der Waals surface area contributed by atoms with Crippen LogP contribution in [0, 0.1) is 5.92 Å². The molecule has 0 spiro atoms. The summed E-state index contributed by atoms with van der Waals surface area (Å²) in [5.41, 5.74) is 0.712. The standard InChI is InChI=1S/C12H21N3O2S/c1-4-14-11-7-12(9-13-8-11)18(16,17)15-6-5-10(2)3/h7-10,14-15H,4-6H2,1-3H3. The van der Waals surface area contributed by atoms with Gasteiger partial charge in [-0.1, -0.05) is 13.8 Å². The van der Waals surface area contributed by atoms with Crippen molar-refractivity contribution in [2.45, 2.75) is 32.1 Å². The summed E-state index contributed by atoms with van der Waals surface area (Å²) in [6.45, 7) is 7.24. The summed E-state index contributed by atoms with van der Waals surface area (Å²) in [6, 6.07) is 1.59. The summed E-state index contributed by atoms with van der Waals surface area (Å²) >= 11 is 0. The second-order valence-corrected chi connectivity index (χ2v) is 6.29. The van der Waals surface area contributed by atoms with Crippen LogP contribution in [-0.4, -0.2) is 26.5 Å². The molecule has 6 heteroatoms. The van der Waals surface area contributed by atoms with Crippen molar-refractivity contribution in [3.63, 3.8) is 0 Å². The average Bonchev–Trinajstić information content (AvgIpc) is 2.29. The van der Waals surface area contributed by atoms with Crippen molar-refractivity contribution in [1.82, 2.24) is 9.71 Å². The molecule has 0 unspecified atom stereocenters. The van der Waals surface area contributed by atoms with Crippen molar-refractivity contribution in [3.8, 4) is 0 Å². The predicted octanol–water partition coefficient (Wildman–Crippen LogP) is 1.84. The van der Waals surface area contributed by atoms with Gasteiger partial charge in [-0.25, -0.2) is 13.1 Å². The zero-order chi connectivity index (χ0) is 13.6. The van der Waals surface area contributed by atoms with E-state index in [2.05, 4.69) is 28.9 Å². The van der Waals surface area contributed by atoms with Gasteiger partial charge in [0.25, 0.3) is 0 Å². The highest BCUT2D eigenvalue weighted by molar-refractivity contribution is 7.89. The molecule has 1 heterocycles. The molecule has 102 valence electrons. The van der Waals surface area contributed by atoms with Crippen molar-refractivity contribution >= 4 is 15.7 Å². The molecule has 0 bridgehead atoms. The maximum absolute atomic E-state index is 12.0. The fourth-order valence-electron chi connectivity index (χ4n) is 1.43. The molecule has 5 nitrogen and oxygen atoms in total. The van der Waals surface area contributed by atoms with Crippen molar-refractivity contribution < 1.29 is 8.42 Å². The van der Waals surface area contributed by atoms with Crippen molar-refractivity contribution in [3.05, 3.63) is 18.5 Å².